The SMILES string of the molecule is COc1c(-c2cnn(C)c2)ccc(C(=O)NC2CCN(C#N)C2)c1F. The smallest absolute Gasteiger partial charge is 0.254 e. The molecule has 1 unspecified atom stereocenters. The fourth-order valence-corrected chi connectivity index (χ4v) is 2.95. The van der Waals surface area contributed by atoms with E-state index in [1.54, 1.807) is 35.1 Å². The molecule has 0 aliphatic carbocycles. The molecule has 0 spiro atoms. The summed E-state index contributed by atoms with van der Waals surface area (Å²) in [5, 5.41) is 15.7. The van der Waals surface area contributed by atoms with Crippen LogP contribution in [0.5, 0.6) is 5.75 Å². The molecule has 8 heteroatoms. The van der Waals surface area contributed by atoms with Crippen molar-refractivity contribution < 1.29 is 13.9 Å². The summed E-state index contributed by atoms with van der Waals surface area (Å²) in [6.45, 7) is 1.03. The summed E-state index contributed by atoms with van der Waals surface area (Å²) in [6.07, 6.45) is 6.05. The van der Waals surface area contributed by atoms with E-state index in [-0.39, 0.29) is 17.4 Å². The number of hydrogen-bond donors (Lipinski definition) is 1. The second-order valence-electron chi connectivity index (χ2n) is 5.92. The Morgan fingerprint density at radius 1 is 1.52 bits per heavy atom. The van der Waals surface area contributed by atoms with Crippen LogP contribution in [0.15, 0.2) is 24.5 Å². The van der Waals surface area contributed by atoms with Crippen molar-refractivity contribution >= 4 is 5.91 Å². The van der Waals surface area contributed by atoms with Gasteiger partial charge in [0.1, 0.15) is 0 Å². The van der Waals surface area contributed by atoms with Gasteiger partial charge in [0.15, 0.2) is 17.8 Å². The zero-order valence-corrected chi connectivity index (χ0v) is 14.0. The topological polar surface area (TPSA) is 83.2 Å². The Kier molecular flexibility index (Phi) is 4.57. The van der Waals surface area contributed by atoms with Crippen LogP contribution in [-0.4, -0.2) is 46.8 Å². The molecule has 1 aliphatic rings. The molecule has 1 saturated heterocycles. The van der Waals surface area contributed by atoms with Crippen LogP contribution in [0.1, 0.15) is 16.8 Å². The van der Waals surface area contributed by atoms with E-state index in [1.165, 1.54) is 13.2 Å². The fraction of sp³-hybridized carbons (Fsp3) is 0.353. The van der Waals surface area contributed by atoms with Crippen molar-refractivity contribution in [3.8, 4) is 23.1 Å². The van der Waals surface area contributed by atoms with Gasteiger partial charge in [0.2, 0.25) is 0 Å². The van der Waals surface area contributed by atoms with Crippen LogP contribution in [0.2, 0.25) is 0 Å². The number of methoxy groups -OCH3 is 1. The first kappa shape index (κ1) is 16.8. The summed E-state index contributed by atoms with van der Waals surface area (Å²) in [7, 11) is 3.13. The van der Waals surface area contributed by atoms with Gasteiger partial charge in [-0.3, -0.25) is 9.48 Å². The standard InChI is InChI=1S/C17H18FN5O2/c1-22-8-11(7-20-22)13-3-4-14(15(18)16(13)25-2)17(24)21-12-5-6-23(9-12)10-19/h3-4,7-8,12H,5-6,9H2,1-2H3,(H,21,24). The first-order valence-corrected chi connectivity index (χ1v) is 7.84. The van der Waals surface area contributed by atoms with Crippen LogP contribution in [0.3, 0.4) is 0 Å². The number of carbonyl (C=O) groups excluding carboxylic acids is 1. The molecule has 0 saturated carbocycles. The number of carbonyl (C=O) groups is 1. The van der Waals surface area contributed by atoms with Crippen molar-refractivity contribution in [1.29, 1.82) is 5.26 Å². The summed E-state index contributed by atoms with van der Waals surface area (Å²) >= 11 is 0. The maximum Gasteiger partial charge on any atom is 0.254 e. The minimum absolute atomic E-state index is 0.00530. The number of nitrogens with zero attached hydrogens (tertiary/aromatic N) is 4. The minimum atomic E-state index is -0.712. The normalized spacial score (nSPS) is 16.6. The Labute approximate surface area is 144 Å². The number of rotatable bonds is 4. The third kappa shape index (κ3) is 3.26. The Hall–Kier alpha value is -3.08. The highest BCUT2D eigenvalue weighted by Gasteiger charge is 2.26. The van der Waals surface area contributed by atoms with E-state index in [9.17, 15) is 9.18 Å². The Balaban J connectivity index is 1.85. The zero-order chi connectivity index (χ0) is 18.0. The highest BCUT2D eigenvalue weighted by molar-refractivity contribution is 5.96. The number of nitrogens with one attached hydrogen (secondary N) is 1. The van der Waals surface area contributed by atoms with Gasteiger partial charge >= 0.3 is 0 Å². The quantitative estimate of drug-likeness (QED) is 0.851. The van der Waals surface area contributed by atoms with Gasteiger partial charge in [0, 0.05) is 43.5 Å². The number of ether oxygens (including phenoxy) is 1. The van der Waals surface area contributed by atoms with Crippen LogP contribution in [0.4, 0.5) is 4.39 Å². The van der Waals surface area contributed by atoms with Crippen molar-refractivity contribution in [2.24, 2.45) is 7.05 Å². The Morgan fingerprint density at radius 2 is 2.32 bits per heavy atom. The van der Waals surface area contributed by atoms with E-state index in [1.807, 2.05) is 6.19 Å². The lowest BCUT2D eigenvalue weighted by Gasteiger charge is -2.15. The predicted octanol–water partition coefficient (Wildman–Crippen LogP) is 1.52. The van der Waals surface area contributed by atoms with E-state index in [0.717, 1.165) is 0 Å². The molecule has 1 amide bonds. The van der Waals surface area contributed by atoms with Crippen LogP contribution in [0.25, 0.3) is 11.1 Å². The average Bonchev–Trinajstić information content (AvgIpc) is 3.23. The van der Waals surface area contributed by atoms with Gasteiger partial charge in [-0.05, 0) is 18.6 Å². The van der Waals surface area contributed by atoms with Gasteiger partial charge < -0.3 is 15.0 Å². The molecule has 1 N–H and O–H groups in total. The van der Waals surface area contributed by atoms with Crippen LogP contribution >= 0.6 is 0 Å². The molecule has 1 aromatic heterocycles. The maximum atomic E-state index is 14.8. The lowest BCUT2D eigenvalue weighted by atomic mass is 10.0. The molecule has 25 heavy (non-hydrogen) atoms. The number of aryl methyl sites for hydroxylation is 1. The molecular weight excluding hydrogens is 325 g/mol. The molecule has 130 valence electrons. The number of amides is 1. The summed E-state index contributed by atoms with van der Waals surface area (Å²) in [4.78, 5) is 14.0. The molecule has 2 aromatic rings. The first-order chi connectivity index (χ1) is 12.0. The molecule has 1 fully saturated rings. The Morgan fingerprint density at radius 3 is 2.92 bits per heavy atom. The van der Waals surface area contributed by atoms with E-state index in [0.29, 0.717) is 30.6 Å². The van der Waals surface area contributed by atoms with Gasteiger partial charge in [0.05, 0.1) is 18.9 Å². The second kappa shape index (κ2) is 6.81. The van der Waals surface area contributed by atoms with Crippen molar-refractivity contribution in [1.82, 2.24) is 20.0 Å². The van der Waals surface area contributed by atoms with Gasteiger partial charge in [-0.25, -0.2) is 4.39 Å². The van der Waals surface area contributed by atoms with E-state index in [4.69, 9.17) is 10.00 Å². The second-order valence-corrected chi connectivity index (χ2v) is 5.92. The Bertz CT molecular complexity index is 842. The highest BCUT2D eigenvalue weighted by Crippen LogP contribution is 2.33. The number of hydrogen-bond acceptors (Lipinski definition) is 5. The molecule has 1 atom stereocenters. The van der Waals surface area contributed by atoms with Gasteiger partial charge in [0.25, 0.3) is 5.91 Å². The number of aromatic nitrogens is 2. The summed E-state index contributed by atoms with van der Waals surface area (Å²) in [5.41, 5.74) is 1.15. The van der Waals surface area contributed by atoms with Gasteiger partial charge in [-0.1, -0.05) is 0 Å². The van der Waals surface area contributed by atoms with Gasteiger partial charge in [-0.2, -0.15) is 10.4 Å². The third-order valence-electron chi connectivity index (χ3n) is 4.23. The number of likely N-dealkylation sites (tertiary alicyclic amines) is 1. The first-order valence-electron chi connectivity index (χ1n) is 7.84. The molecular formula is C17H18FN5O2. The lowest BCUT2D eigenvalue weighted by Crippen LogP contribution is -2.36. The zero-order valence-electron chi connectivity index (χ0n) is 14.0. The molecule has 2 heterocycles. The monoisotopic (exact) mass is 343 g/mol. The third-order valence-corrected chi connectivity index (χ3v) is 4.23. The van der Waals surface area contributed by atoms with Crippen LogP contribution in [0, 0.1) is 17.3 Å². The minimum Gasteiger partial charge on any atom is -0.493 e. The molecule has 1 aromatic carbocycles. The summed E-state index contributed by atoms with van der Waals surface area (Å²) in [6, 6.07) is 2.91. The number of halogens is 1. The lowest BCUT2D eigenvalue weighted by molar-refractivity contribution is 0.0934. The molecule has 0 radical (unpaired) electrons. The highest BCUT2D eigenvalue weighted by atomic mass is 19.1. The van der Waals surface area contributed by atoms with Crippen molar-refractivity contribution in [2.45, 2.75) is 12.5 Å². The number of benzene rings is 1. The van der Waals surface area contributed by atoms with Crippen molar-refractivity contribution in [2.75, 3.05) is 20.2 Å². The van der Waals surface area contributed by atoms with E-state index < -0.39 is 11.7 Å². The maximum absolute atomic E-state index is 14.8. The molecule has 3 rings (SSSR count). The summed E-state index contributed by atoms with van der Waals surface area (Å²) in [5.74, 6) is -1.22. The van der Waals surface area contributed by atoms with E-state index in [2.05, 4.69) is 10.4 Å². The molecule has 0 bridgehead atoms. The molecule has 7 nitrogen and oxygen atoms in total. The fourth-order valence-electron chi connectivity index (χ4n) is 2.95. The van der Waals surface area contributed by atoms with Crippen LogP contribution < -0.4 is 10.1 Å². The van der Waals surface area contributed by atoms with E-state index >= 15 is 0 Å². The average molecular weight is 343 g/mol. The molecule has 1 aliphatic heterocycles. The van der Waals surface area contributed by atoms with Crippen molar-refractivity contribution in [3.63, 3.8) is 0 Å². The largest absolute Gasteiger partial charge is 0.493 e. The number of nitriles is 1. The van der Waals surface area contributed by atoms with Crippen LogP contribution in [-0.2, 0) is 7.05 Å². The predicted molar refractivity (Wildman–Crippen MR) is 88.2 cm³/mol. The van der Waals surface area contributed by atoms with Crippen molar-refractivity contribution in [3.05, 3.63) is 35.9 Å². The van der Waals surface area contributed by atoms with Gasteiger partial charge in [-0.15, -0.1) is 0 Å². The summed E-state index contributed by atoms with van der Waals surface area (Å²) < 4.78 is 21.6.